The van der Waals surface area contributed by atoms with Gasteiger partial charge < -0.3 is 10.0 Å². The SMILES string of the molecule is CC(C)CN(Cc1cnn(C)c1)C(=O)[C@@H](O)c1ccc(C(F)(F)F)cc1. The Balaban J connectivity index is 2.17. The lowest BCUT2D eigenvalue weighted by Crippen LogP contribution is -2.37. The first kappa shape index (κ1) is 20.0. The molecule has 0 saturated heterocycles. The number of hydrogen-bond donors (Lipinski definition) is 1. The van der Waals surface area contributed by atoms with Gasteiger partial charge in [0.15, 0.2) is 6.10 Å². The van der Waals surface area contributed by atoms with Crippen LogP contribution in [0.5, 0.6) is 0 Å². The number of amides is 1. The summed E-state index contributed by atoms with van der Waals surface area (Å²) in [5.74, 6) is -0.391. The first-order chi connectivity index (χ1) is 12.1. The molecule has 8 heteroatoms. The van der Waals surface area contributed by atoms with Crippen molar-refractivity contribution < 1.29 is 23.1 Å². The Morgan fingerprint density at radius 3 is 2.35 bits per heavy atom. The van der Waals surface area contributed by atoms with Crippen molar-refractivity contribution in [3.63, 3.8) is 0 Å². The molecule has 0 radical (unpaired) electrons. The van der Waals surface area contributed by atoms with E-state index in [-0.39, 0.29) is 18.0 Å². The molecule has 0 fully saturated rings. The lowest BCUT2D eigenvalue weighted by Gasteiger charge is -2.26. The van der Waals surface area contributed by atoms with Gasteiger partial charge in [-0.25, -0.2) is 0 Å². The third-order valence-corrected chi connectivity index (χ3v) is 3.82. The molecule has 5 nitrogen and oxygen atoms in total. The van der Waals surface area contributed by atoms with Crippen molar-refractivity contribution in [3.8, 4) is 0 Å². The molecule has 2 aromatic rings. The summed E-state index contributed by atoms with van der Waals surface area (Å²) < 4.78 is 39.6. The predicted octanol–water partition coefficient (Wildman–Crippen LogP) is 3.16. The molecule has 26 heavy (non-hydrogen) atoms. The molecule has 1 heterocycles. The van der Waals surface area contributed by atoms with E-state index in [9.17, 15) is 23.1 Å². The van der Waals surface area contributed by atoms with E-state index in [1.807, 2.05) is 13.8 Å². The number of aliphatic hydroxyl groups excluding tert-OH is 1. The number of carbonyl (C=O) groups excluding carboxylic acids is 1. The molecule has 1 aromatic carbocycles. The fraction of sp³-hybridized carbons (Fsp3) is 0.444. The zero-order chi connectivity index (χ0) is 19.5. The van der Waals surface area contributed by atoms with Crippen molar-refractivity contribution in [1.82, 2.24) is 14.7 Å². The van der Waals surface area contributed by atoms with E-state index in [0.29, 0.717) is 6.54 Å². The molecule has 1 atom stereocenters. The van der Waals surface area contributed by atoms with Crippen molar-refractivity contribution in [3.05, 3.63) is 53.3 Å². The Hall–Kier alpha value is -2.35. The van der Waals surface area contributed by atoms with Crippen molar-refractivity contribution in [2.24, 2.45) is 13.0 Å². The van der Waals surface area contributed by atoms with E-state index in [0.717, 1.165) is 29.8 Å². The van der Waals surface area contributed by atoms with Gasteiger partial charge in [0, 0.05) is 31.9 Å². The number of hydrogen-bond acceptors (Lipinski definition) is 3. The second kappa shape index (κ2) is 7.90. The Bertz CT molecular complexity index is 739. The summed E-state index contributed by atoms with van der Waals surface area (Å²) in [6, 6.07) is 3.98. The van der Waals surface area contributed by atoms with E-state index in [2.05, 4.69) is 5.10 Å². The van der Waals surface area contributed by atoms with Gasteiger partial charge in [-0.2, -0.15) is 18.3 Å². The monoisotopic (exact) mass is 369 g/mol. The maximum absolute atomic E-state index is 12.7. The number of rotatable bonds is 6. The topological polar surface area (TPSA) is 58.4 Å². The zero-order valence-corrected chi connectivity index (χ0v) is 14.9. The van der Waals surface area contributed by atoms with Gasteiger partial charge >= 0.3 is 6.18 Å². The summed E-state index contributed by atoms with van der Waals surface area (Å²) in [6.07, 6.45) is -2.58. The molecule has 1 N–H and O–H groups in total. The highest BCUT2D eigenvalue weighted by Crippen LogP contribution is 2.30. The van der Waals surface area contributed by atoms with Crippen LogP contribution in [0.2, 0.25) is 0 Å². The van der Waals surface area contributed by atoms with Crippen LogP contribution in [-0.2, 0) is 24.6 Å². The first-order valence-corrected chi connectivity index (χ1v) is 8.19. The third kappa shape index (κ3) is 5.08. The van der Waals surface area contributed by atoms with Gasteiger partial charge in [0.05, 0.1) is 11.8 Å². The number of nitrogens with zero attached hydrogens (tertiary/aromatic N) is 3. The van der Waals surface area contributed by atoms with Crippen LogP contribution >= 0.6 is 0 Å². The Kier molecular flexibility index (Phi) is 6.07. The van der Waals surface area contributed by atoms with Crippen LogP contribution in [0, 0.1) is 5.92 Å². The van der Waals surface area contributed by atoms with E-state index in [4.69, 9.17) is 0 Å². The van der Waals surface area contributed by atoms with Crippen LogP contribution in [0.25, 0.3) is 0 Å². The van der Waals surface area contributed by atoms with Gasteiger partial charge in [-0.3, -0.25) is 9.48 Å². The van der Waals surface area contributed by atoms with Crippen LogP contribution < -0.4 is 0 Å². The summed E-state index contributed by atoms with van der Waals surface area (Å²) in [4.78, 5) is 14.2. The average molecular weight is 369 g/mol. The maximum Gasteiger partial charge on any atom is 0.416 e. The molecule has 0 bridgehead atoms. The van der Waals surface area contributed by atoms with Crippen LogP contribution in [0.1, 0.15) is 36.6 Å². The number of halogens is 3. The molecule has 0 saturated carbocycles. The van der Waals surface area contributed by atoms with Gasteiger partial charge in [-0.1, -0.05) is 26.0 Å². The van der Waals surface area contributed by atoms with Crippen molar-refractivity contribution in [2.45, 2.75) is 32.7 Å². The van der Waals surface area contributed by atoms with Crippen molar-refractivity contribution in [2.75, 3.05) is 6.54 Å². The van der Waals surface area contributed by atoms with Gasteiger partial charge in [0.2, 0.25) is 0 Å². The fourth-order valence-corrected chi connectivity index (χ4v) is 2.62. The molecule has 142 valence electrons. The molecular formula is C18H22F3N3O2. The molecule has 0 spiro atoms. The summed E-state index contributed by atoms with van der Waals surface area (Å²) in [6.45, 7) is 4.55. The lowest BCUT2D eigenvalue weighted by molar-refractivity contribution is -0.141. The van der Waals surface area contributed by atoms with E-state index in [1.165, 1.54) is 4.90 Å². The molecule has 0 aliphatic heterocycles. The highest BCUT2D eigenvalue weighted by atomic mass is 19.4. The van der Waals surface area contributed by atoms with Crippen LogP contribution in [-0.4, -0.2) is 32.2 Å². The van der Waals surface area contributed by atoms with Gasteiger partial charge in [-0.05, 0) is 23.6 Å². The van der Waals surface area contributed by atoms with Gasteiger partial charge in [-0.15, -0.1) is 0 Å². The average Bonchev–Trinajstić information content (AvgIpc) is 2.97. The van der Waals surface area contributed by atoms with Crippen molar-refractivity contribution >= 4 is 5.91 Å². The molecular weight excluding hydrogens is 347 g/mol. The lowest BCUT2D eigenvalue weighted by atomic mass is 10.0. The minimum atomic E-state index is -4.46. The first-order valence-electron chi connectivity index (χ1n) is 8.19. The second-order valence-corrected chi connectivity index (χ2v) is 6.66. The maximum atomic E-state index is 12.7. The number of benzene rings is 1. The molecule has 0 aliphatic rings. The van der Waals surface area contributed by atoms with Crippen LogP contribution in [0.4, 0.5) is 13.2 Å². The quantitative estimate of drug-likeness (QED) is 0.851. The normalized spacial score (nSPS) is 13.1. The minimum absolute atomic E-state index is 0.128. The van der Waals surface area contributed by atoms with Gasteiger partial charge in [0.1, 0.15) is 0 Å². The number of aryl methyl sites for hydroxylation is 1. The minimum Gasteiger partial charge on any atom is -0.378 e. The summed E-state index contributed by atoms with van der Waals surface area (Å²) >= 11 is 0. The Morgan fingerprint density at radius 1 is 1.27 bits per heavy atom. The fourth-order valence-electron chi connectivity index (χ4n) is 2.62. The number of carbonyl (C=O) groups is 1. The summed E-state index contributed by atoms with van der Waals surface area (Å²) in [5.41, 5.74) is 0.111. The molecule has 0 aliphatic carbocycles. The third-order valence-electron chi connectivity index (χ3n) is 3.82. The zero-order valence-electron chi connectivity index (χ0n) is 14.9. The van der Waals surface area contributed by atoms with Gasteiger partial charge in [0.25, 0.3) is 5.91 Å². The molecule has 2 rings (SSSR count). The Morgan fingerprint density at radius 2 is 1.88 bits per heavy atom. The van der Waals surface area contributed by atoms with E-state index in [1.54, 1.807) is 24.1 Å². The number of aromatic nitrogens is 2. The Labute approximate surface area is 150 Å². The summed E-state index contributed by atoms with van der Waals surface area (Å²) in [5, 5.41) is 14.4. The second-order valence-electron chi connectivity index (χ2n) is 6.66. The molecule has 1 aromatic heterocycles. The largest absolute Gasteiger partial charge is 0.416 e. The van der Waals surface area contributed by atoms with Crippen LogP contribution in [0.15, 0.2) is 36.7 Å². The smallest absolute Gasteiger partial charge is 0.378 e. The van der Waals surface area contributed by atoms with E-state index >= 15 is 0 Å². The highest BCUT2D eigenvalue weighted by Gasteiger charge is 2.31. The van der Waals surface area contributed by atoms with E-state index < -0.39 is 23.8 Å². The summed E-state index contributed by atoms with van der Waals surface area (Å²) in [7, 11) is 1.76. The number of alkyl halides is 3. The predicted molar refractivity (Wildman–Crippen MR) is 89.9 cm³/mol. The number of aliphatic hydroxyl groups is 1. The van der Waals surface area contributed by atoms with Crippen LogP contribution in [0.3, 0.4) is 0 Å². The molecule has 1 amide bonds. The van der Waals surface area contributed by atoms with Crippen molar-refractivity contribution in [1.29, 1.82) is 0 Å². The standard InChI is InChI=1S/C18H22F3N3O2/c1-12(2)9-24(11-13-8-22-23(3)10-13)17(26)16(25)14-4-6-15(7-5-14)18(19,20)21/h4-8,10,12,16,25H,9,11H2,1-3H3/t16-/m0/s1. The highest BCUT2D eigenvalue weighted by molar-refractivity contribution is 5.82. The molecule has 0 unspecified atom stereocenters.